The summed E-state index contributed by atoms with van der Waals surface area (Å²) in [7, 11) is 2.04. The highest BCUT2D eigenvalue weighted by Gasteiger charge is 2.26. The van der Waals surface area contributed by atoms with Crippen LogP contribution in [0.3, 0.4) is 0 Å². The Morgan fingerprint density at radius 1 is 1.25 bits per heavy atom. The fourth-order valence-corrected chi connectivity index (χ4v) is 3.40. The van der Waals surface area contributed by atoms with Gasteiger partial charge in [-0.25, -0.2) is 4.98 Å². The van der Waals surface area contributed by atoms with Crippen molar-refractivity contribution in [3.63, 3.8) is 0 Å². The highest BCUT2D eigenvalue weighted by atomic mass is 16.3. The molecule has 1 aromatic carbocycles. The average Bonchev–Trinajstić information content (AvgIpc) is 2.77. The maximum atomic E-state index is 10.5. The number of para-hydroxylation sites is 2. The lowest BCUT2D eigenvalue weighted by atomic mass is 9.79. The molecule has 1 aliphatic rings. The van der Waals surface area contributed by atoms with Crippen molar-refractivity contribution in [1.82, 2.24) is 9.55 Å². The largest absolute Gasteiger partial charge is 0.392 e. The summed E-state index contributed by atoms with van der Waals surface area (Å²) in [5.41, 5.74) is 2.17. The van der Waals surface area contributed by atoms with Gasteiger partial charge < -0.3 is 9.67 Å². The van der Waals surface area contributed by atoms with E-state index in [1.807, 2.05) is 25.2 Å². The maximum absolute atomic E-state index is 10.5. The van der Waals surface area contributed by atoms with E-state index in [9.17, 15) is 5.11 Å². The van der Waals surface area contributed by atoms with Gasteiger partial charge in [0.15, 0.2) is 0 Å². The van der Waals surface area contributed by atoms with E-state index < -0.39 is 0 Å². The topological polar surface area (TPSA) is 38.1 Å². The minimum atomic E-state index is -0.252. The number of imidazole rings is 1. The van der Waals surface area contributed by atoms with Crippen LogP contribution < -0.4 is 0 Å². The van der Waals surface area contributed by atoms with Gasteiger partial charge >= 0.3 is 0 Å². The zero-order valence-corrected chi connectivity index (χ0v) is 12.4. The zero-order valence-electron chi connectivity index (χ0n) is 12.4. The van der Waals surface area contributed by atoms with Crippen molar-refractivity contribution in [2.24, 2.45) is 18.9 Å². The number of hydrogen-bond donors (Lipinski definition) is 1. The molecular formula is C17H24N2O. The summed E-state index contributed by atoms with van der Waals surface area (Å²) in [5, 5.41) is 10.5. The lowest BCUT2D eigenvalue weighted by Crippen LogP contribution is -2.27. The molecule has 3 heteroatoms. The van der Waals surface area contributed by atoms with E-state index in [4.69, 9.17) is 0 Å². The molecule has 1 unspecified atom stereocenters. The first-order valence-corrected chi connectivity index (χ1v) is 7.73. The van der Waals surface area contributed by atoms with Gasteiger partial charge in [0.05, 0.1) is 17.1 Å². The molecule has 1 saturated carbocycles. The van der Waals surface area contributed by atoms with Gasteiger partial charge in [-0.1, -0.05) is 31.9 Å². The first-order valence-electron chi connectivity index (χ1n) is 7.73. The third-order valence-electron chi connectivity index (χ3n) is 4.88. The molecule has 0 bridgehead atoms. The summed E-state index contributed by atoms with van der Waals surface area (Å²) in [6, 6.07) is 8.17. The molecular weight excluding hydrogens is 248 g/mol. The van der Waals surface area contributed by atoms with Gasteiger partial charge in [-0.05, 0) is 36.8 Å². The van der Waals surface area contributed by atoms with Gasteiger partial charge in [-0.2, -0.15) is 0 Å². The van der Waals surface area contributed by atoms with Crippen LogP contribution in [0.1, 0.15) is 38.4 Å². The summed E-state index contributed by atoms with van der Waals surface area (Å²) in [6.45, 7) is 2.31. The summed E-state index contributed by atoms with van der Waals surface area (Å²) >= 11 is 0. The summed E-state index contributed by atoms with van der Waals surface area (Å²) < 4.78 is 2.12. The van der Waals surface area contributed by atoms with Crippen LogP contribution in [0.15, 0.2) is 24.3 Å². The Balaban J connectivity index is 1.74. The summed E-state index contributed by atoms with van der Waals surface area (Å²) in [6.07, 6.45) is 5.25. The number of fused-ring (bicyclic) bond motifs is 1. The molecule has 108 valence electrons. The van der Waals surface area contributed by atoms with Gasteiger partial charge in [0.1, 0.15) is 5.82 Å². The molecule has 0 radical (unpaired) electrons. The molecule has 1 aliphatic carbocycles. The van der Waals surface area contributed by atoms with Crippen LogP contribution in [0.25, 0.3) is 11.0 Å². The van der Waals surface area contributed by atoms with Crippen LogP contribution in [0.2, 0.25) is 0 Å². The molecule has 1 N–H and O–H groups in total. The lowest BCUT2D eigenvalue weighted by Gasteiger charge is -2.29. The minimum Gasteiger partial charge on any atom is -0.392 e. The Labute approximate surface area is 120 Å². The molecule has 20 heavy (non-hydrogen) atoms. The molecule has 1 atom stereocenters. The minimum absolute atomic E-state index is 0.252. The Morgan fingerprint density at radius 3 is 2.65 bits per heavy atom. The number of aryl methyl sites for hydroxylation is 1. The molecule has 0 aliphatic heterocycles. The highest BCUT2D eigenvalue weighted by molar-refractivity contribution is 5.75. The van der Waals surface area contributed by atoms with E-state index in [-0.39, 0.29) is 6.10 Å². The number of aromatic nitrogens is 2. The molecule has 2 aromatic rings. The molecule has 0 spiro atoms. The quantitative estimate of drug-likeness (QED) is 0.931. The second-order valence-electron chi connectivity index (χ2n) is 6.37. The average molecular weight is 272 g/mol. The summed E-state index contributed by atoms with van der Waals surface area (Å²) in [5.74, 6) is 2.28. The highest BCUT2D eigenvalue weighted by Crippen LogP contribution is 2.31. The van der Waals surface area contributed by atoms with Gasteiger partial charge in [-0.3, -0.25) is 0 Å². The molecule has 1 fully saturated rings. The maximum Gasteiger partial charge on any atom is 0.112 e. The molecule has 1 aromatic heterocycles. The number of aliphatic hydroxyl groups excluding tert-OH is 1. The lowest BCUT2D eigenvalue weighted by molar-refractivity contribution is 0.0740. The molecule has 3 rings (SSSR count). The van der Waals surface area contributed by atoms with Gasteiger partial charge in [0, 0.05) is 13.5 Å². The molecule has 0 amide bonds. The Hall–Kier alpha value is -1.35. The Morgan fingerprint density at radius 2 is 1.95 bits per heavy atom. The van der Waals surface area contributed by atoms with Gasteiger partial charge in [0.2, 0.25) is 0 Å². The van der Waals surface area contributed by atoms with Crippen molar-refractivity contribution in [2.75, 3.05) is 0 Å². The van der Waals surface area contributed by atoms with Crippen molar-refractivity contribution in [2.45, 2.75) is 45.1 Å². The monoisotopic (exact) mass is 272 g/mol. The van der Waals surface area contributed by atoms with Crippen molar-refractivity contribution in [1.29, 1.82) is 0 Å². The normalized spacial score (nSPS) is 24.9. The van der Waals surface area contributed by atoms with Crippen molar-refractivity contribution >= 4 is 11.0 Å². The second-order valence-corrected chi connectivity index (χ2v) is 6.37. The van der Waals surface area contributed by atoms with Crippen LogP contribution >= 0.6 is 0 Å². The predicted molar refractivity (Wildman–Crippen MR) is 81.5 cm³/mol. The number of hydrogen-bond acceptors (Lipinski definition) is 2. The third kappa shape index (κ3) is 2.59. The van der Waals surface area contributed by atoms with Gasteiger partial charge in [0.25, 0.3) is 0 Å². The second kappa shape index (κ2) is 5.57. The predicted octanol–water partition coefficient (Wildman–Crippen LogP) is 3.30. The van der Waals surface area contributed by atoms with E-state index in [2.05, 4.69) is 22.5 Å². The van der Waals surface area contributed by atoms with E-state index in [0.717, 1.165) is 35.6 Å². The SMILES string of the molecule is CC1CCC(C(O)Cc2nc3ccccc3n2C)CC1. The zero-order chi connectivity index (χ0) is 14.1. The molecule has 3 nitrogen and oxygen atoms in total. The first kappa shape index (κ1) is 13.6. The number of nitrogens with zero attached hydrogens (tertiary/aromatic N) is 2. The standard InChI is InChI=1S/C17H24N2O/c1-12-7-9-13(10-8-12)16(20)11-17-18-14-5-3-4-6-15(14)19(17)2/h3-6,12-13,16,20H,7-11H2,1-2H3. The van der Waals surface area contributed by atoms with Gasteiger partial charge in [-0.15, -0.1) is 0 Å². The van der Waals surface area contributed by atoms with Crippen LogP contribution in [0, 0.1) is 11.8 Å². The Bertz CT molecular complexity index is 582. The first-order chi connectivity index (χ1) is 9.65. The van der Waals surface area contributed by atoms with E-state index in [1.165, 1.54) is 12.8 Å². The van der Waals surface area contributed by atoms with E-state index in [1.54, 1.807) is 0 Å². The number of aliphatic hydroxyl groups is 1. The smallest absolute Gasteiger partial charge is 0.112 e. The third-order valence-corrected chi connectivity index (χ3v) is 4.88. The van der Waals surface area contributed by atoms with E-state index in [0.29, 0.717) is 12.3 Å². The fourth-order valence-electron chi connectivity index (χ4n) is 3.40. The van der Waals surface area contributed by atoms with Crippen molar-refractivity contribution in [3.8, 4) is 0 Å². The molecule has 0 saturated heterocycles. The van der Waals surface area contributed by atoms with Crippen LogP contribution in [0.4, 0.5) is 0 Å². The number of benzene rings is 1. The summed E-state index contributed by atoms with van der Waals surface area (Å²) in [4.78, 5) is 4.66. The van der Waals surface area contributed by atoms with Crippen LogP contribution in [-0.2, 0) is 13.5 Å². The van der Waals surface area contributed by atoms with Crippen molar-refractivity contribution in [3.05, 3.63) is 30.1 Å². The van der Waals surface area contributed by atoms with E-state index >= 15 is 0 Å². The van der Waals surface area contributed by atoms with Crippen LogP contribution in [0.5, 0.6) is 0 Å². The Kier molecular flexibility index (Phi) is 3.79. The van der Waals surface area contributed by atoms with Crippen molar-refractivity contribution < 1.29 is 5.11 Å². The number of rotatable bonds is 3. The van der Waals surface area contributed by atoms with Crippen LogP contribution in [-0.4, -0.2) is 20.8 Å². The fraction of sp³-hybridized carbons (Fsp3) is 0.588. The molecule has 1 heterocycles.